The van der Waals surface area contributed by atoms with Crippen molar-refractivity contribution in [3.05, 3.63) is 23.8 Å². The number of benzene rings is 1. The van der Waals surface area contributed by atoms with Crippen molar-refractivity contribution in [2.75, 3.05) is 49.6 Å². The lowest BCUT2D eigenvalue weighted by Crippen LogP contribution is -2.49. The third kappa shape index (κ3) is 2.93. The normalized spacial score (nSPS) is 29.0. The van der Waals surface area contributed by atoms with E-state index in [-0.39, 0.29) is 0 Å². The summed E-state index contributed by atoms with van der Waals surface area (Å²) in [6.07, 6.45) is 11.7. The van der Waals surface area contributed by atoms with Gasteiger partial charge in [0.1, 0.15) is 0 Å². The molecular formula is C23H35N3. The summed E-state index contributed by atoms with van der Waals surface area (Å²) in [4.78, 5) is 7.99. The maximum Gasteiger partial charge on any atom is 0.0644 e. The van der Waals surface area contributed by atoms with E-state index in [9.17, 15) is 0 Å². The van der Waals surface area contributed by atoms with Crippen LogP contribution in [0.1, 0.15) is 62.8 Å². The van der Waals surface area contributed by atoms with Crippen molar-refractivity contribution >= 4 is 11.4 Å². The molecular weight excluding hydrogens is 318 g/mol. The maximum absolute atomic E-state index is 2.78. The van der Waals surface area contributed by atoms with Gasteiger partial charge in [0, 0.05) is 45.2 Å². The average molecular weight is 354 g/mol. The first-order valence-corrected chi connectivity index (χ1v) is 11.1. The number of likely N-dealkylation sites (tertiary alicyclic amines) is 1. The fraction of sp³-hybridized carbons (Fsp3) is 0.739. The molecule has 1 saturated carbocycles. The Morgan fingerprint density at radius 2 is 1.88 bits per heavy atom. The molecule has 0 unspecified atom stereocenters. The van der Waals surface area contributed by atoms with Crippen molar-refractivity contribution in [2.24, 2.45) is 5.92 Å². The number of piperidine rings is 1. The number of likely N-dealkylation sites (N-methyl/N-ethyl adjacent to an activating group) is 1. The first kappa shape index (κ1) is 16.9. The van der Waals surface area contributed by atoms with Crippen LogP contribution in [0.5, 0.6) is 0 Å². The lowest BCUT2D eigenvalue weighted by molar-refractivity contribution is 0.184. The second-order valence-corrected chi connectivity index (χ2v) is 9.24. The molecule has 1 saturated heterocycles. The average Bonchev–Trinajstić information content (AvgIpc) is 3.00. The monoisotopic (exact) mass is 353 g/mol. The molecule has 0 amide bonds. The zero-order chi connectivity index (χ0) is 17.5. The van der Waals surface area contributed by atoms with Crippen molar-refractivity contribution in [2.45, 2.75) is 63.3 Å². The second kappa shape index (κ2) is 7.07. The van der Waals surface area contributed by atoms with Crippen LogP contribution >= 0.6 is 0 Å². The summed E-state index contributed by atoms with van der Waals surface area (Å²) >= 11 is 0. The van der Waals surface area contributed by atoms with Gasteiger partial charge in [-0.1, -0.05) is 44.2 Å². The Balaban J connectivity index is 1.24. The van der Waals surface area contributed by atoms with Gasteiger partial charge in [0.05, 0.1) is 11.4 Å². The van der Waals surface area contributed by atoms with E-state index in [4.69, 9.17) is 0 Å². The molecule has 0 radical (unpaired) electrons. The molecule has 1 aromatic carbocycles. The summed E-state index contributed by atoms with van der Waals surface area (Å²) in [6.45, 7) is 6.30. The fourth-order valence-corrected chi connectivity index (χ4v) is 6.26. The van der Waals surface area contributed by atoms with Crippen LogP contribution in [0.15, 0.2) is 18.2 Å². The number of nitrogens with zero attached hydrogens (tertiary/aromatic N) is 3. The first-order chi connectivity index (χ1) is 12.8. The number of fused-ring (bicyclic) bond motifs is 3. The van der Waals surface area contributed by atoms with Gasteiger partial charge in [-0.3, -0.25) is 0 Å². The Bertz CT molecular complexity index is 636. The molecule has 0 bridgehead atoms. The van der Waals surface area contributed by atoms with E-state index >= 15 is 0 Å². The molecule has 0 spiro atoms. The van der Waals surface area contributed by atoms with E-state index in [0.29, 0.717) is 0 Å². The first-order valence-electron chi connectivity index (χ1n) is 11.1. The topological polar surface area (TPSA) is 9.72 Å². The zero-order valence-electron chi connectivity index (χ0n) is 16.5. The van der Waals surface area contributed by atoms with E-state index in [1.807, 2.05) is 0 Å². The van der Waals surface area contributed by atoms with Crippen LogP contribution in [0.25, 0.3) is 0 Å². The third-order valence-electron chi connectivity index (χ3n) is 7.69. The fourth-order valence-electron chi connectivity index (χ4n) is 6.26. The van der Waals surface area contributed by atoms with E-state index in [0.717, 1.165) is 17.9 Å². The molecule has 1 aliphatic carbocycles. The lowest BCUT2D eigenvalue weighted by Gasteiger charge is -2.41. The van der Waals surface area contributed by atoms with Gasteiger partial charge in [0.2, 0.25) is 0 Å². The van der Waals surface area contributed by atoms with Crippen LogP contribution in [-0.4, -0.2) is 50.7 Å². The van der Waals surface area contributed by atoms with Gasteiger partial charge < -0.3 is 14.7 Å². The highest BCUT2D eigenvalue weighted by atomic mass is 15.3. The molecule has 5 rings (SSSR count). The number of hydrogen-bond donors (Lipinski definition) is 0. The molecule has 3 heterocycles. The highest BCUT2D eigenvalue weighted by Gasteiger charge is 2.44. The van der Waals surface area contributed by atoms with Gasteiger partial charge in [-0.15, -0.1) is 0 Å². The minimum atomic E-state index is 0.736. The summed E-state index contributed by atoms with van der Waals surface area (Å²) in [5, 5.41) is 0. The summed E-state index contributed by atoms with van der Waals surface area (Å²) < 4.78 is 0. The minimum Gasteiger partial charge on any atom is -0.371 e. The van der Waals surface area contributed by atoms with Crippen molar-refractivity contribution in [1.82, 2.24) is 4.90 Å². The molecule has 2 atom stereocenters. The Morgan fingerprint density at radius 3 is 2.77 bits per heavy atom. The van der Waals surface area contributed by atoms with E-state index in [1.54, 1.807) is 11.3 Å². The van der Waals surface area contributed by atoms with Crippen LogP contribution in [0, 0.1) is 5.92 Å². The van der Waals surface area contributed by atoms with Gasteiger partial charge in [0.25, 0.3) is 0 Å². The quantitative estimate of drug-likeness (QED) is 0.790. The van der Waals surface area contributed by atoms with Crippen molar-refractivity contribution in [3.63, 3.8) is 0 Å². The highest BCUT2D eigenvalue weighted by molar-refractivity contribution is 5.80. The smallest absolute Gasteiger partial charge is 0.0644 e. The van der Waals surface area contributed by atoms with Crippen molar-refractivity contribution in [3.8, 4) is 0 Å². The van der Waals surface area contributed by atoms with Crippen LogP contribution < -0.4 is 9.80 Å². The van der Waals surface area contributed by atoms with E-state index in [2.05, 4.69) is 39.9 Å². The Hall–Kier alpha value is -1.22. The molecule has 26 heavy (non-hydrogen) atoms. The van der Waals surface area contributed by atoms with Crippen molar-refractivity contribution in [1.29, 1.82) is 0 Å². The minimum absolute atomic E-state index is 0.736. The third-order valence-corrected chi connectivity index (χ3v) is 7.69. The Kier molecular flexibility index (Phi) is 4.60. The van der Waals surface area contributed by atoms with Gasteiger partial charge >= 0.3 is 0 Å². The van der Waals surface area contributed by atoms with Crippen LogP contribution in [0.4, 0.5) is 11.4 Å². The Morgan fingerprint density at radius 1 is 1.00 bits per heavy atom. The number of anilines is 2. The van der Waals surface area contributed by atoms with Crippen LogP contribution in [0.2, 0.25) is 0 Å². The predicted molar refractivity (Wildman–Crippen MR) is 110 cm³/mol. The largest absolute Gasteiger partial charge is 0.371 e. The standard InChI is InChI=1S/C23H35N3/c1-24-15-16-26-21-12-14-25(13-6-9-18-7-3-2-4-8-18)17-20(21)19-10-5-11-22(24)23(19)26/h5,10-11,18,20-21H,2-4,6-9,12-17H2,1H3/t20-,21-/m0/s1. The SMILES string of the molecule is CN1CCN2c3c(cccc31)[C@@H]1CN(CCCC3CCCCC3)CC[C@@H]12. The Labute approximate surface area is 159 Å². The molecule has 3 heteroatoms. The number of para-hydroxylation sites is 1. The lowest BCUT2D eigenvalue weighted by atomic mass is 9.85. The second-order valence-electron chi connectivity index (χ2n) is 9.24. The molecule has 3 aliphatic heterocycles. The summed E-state index contributed by atoms with van der Waals surface area (Å²) in [5.41, 5.74) is 4.67. The van der Waals surface area contributed by atoms with Crippen molar-refractivity contribution < 1.29 is 0 Å². The molecule has 142 valence electrons. The number of rotatable bonds is 4. The van der Waals surface area contributed by atoms with Crippen LogP contribution in [0.3, 0.4) is 0 Å². The molecule has 0 aromatic heterocycles. The molecule has 0 N–H and O–H groups in total. The molecule has 4 aliphatic rings. The highest BCUT2D eigenvalue weighted by Crippen LogP contribution is 2.50. The molecule has 3 nitrogen and oxygen atoms in total. The van der Waals surface area contributed by atoms with Gasteiger partial charge in [0.15, 0.2) is 0 Å². The van der Waals surface area contributed by atoms with E-state index < -0.39 is 0 Å². The molecule has 1 aromatic rings. The summed E-state index contributed by atoms with van der Waals surface area (Å²) in [7, 11) is 2.26. The van der Waals surface area contributed by atoms with Gasteiger partial charge in [-0.2, -0.15) is 0 Å². The van der Waals surface area contributed by atoms with Gasteiger partial charge in [-0.05, 0) is 43.4 Å². The number of hydrogen-bond acceptors (Lipinski definition) is 3. The maximum atomic E-state index is 2.78. The van der Waals surface area contributed by atoms with Gasteiger partial charge in [-0.25, -0.2) is 0 Å². The van der Waals surface area contributed by atoms with E-state index in [1.165, 1.54) is 89.8 Å². The summed E-state index contributed by atoms with van der Waals surface area (Å²) in [6, 6.07) is 7.79. The predicted octanol–water partition coefficient (Wildman–Crippen LogP) is 4.47. The zero-order valence-corrected chi connectivity index (χ0v) is 16.5. The van der Waals surface area contributed by atoms with Crippen LogP contribution in [-0.2, 0) is 0 Å². The summed E-state index contributed by atoms with van der Waals surface area (Å²) in [5.74, 6) is 1.77. The molecule has 2 fully saturated rings.